The number of phenols is 1. The standard InChI is InChI=1S/C77H92N2O11S2/c1-78-59-38-92-91-37-54-49-16-12-43-29-45-21-25-73(75(45,62(43)49)55-17-15-47(81)31-51(54)55)65(82)53(59)32-52-56-35-74(71(22-6-7-23-71)26-27-72(74)34-46-14-19-60(87-48-10-4-5-11-48)44-20-24-70(46,33-44)39-72)69(84)77(86)76(56,85)67(89-66(52)73)64(90-77)68(83)88-63-58(36-80)79-57-18-13-42-28-40-8-2-3-9-41(40)30-50(42)61(57)63/h2-3,8-9,13-15,17-19,28,30-31,43-46,48-49,52-54,56,59-60,62,64-67,69,78-82,84-86H,4-7,10-12,16,20-27,29,32-39H2,1H3. The van der Waals surface area contributed by atoms with Gasteiger partial charge in [0.1, 0.15) is 18.0 Å². The first-order chi connectivity index (χ1) is 44.7. The van der Waals surface area contributed by atoms with E-state index in [9.17, 15) is 25.5 Å². The molecular formula is C77H92N2O11S2. The molecule has 24 unspecified atom stereocenters. The molecule has 24 atom stereocenters. The molecule has 12 aliphatic carbocycles. The second-order valence-corrected chi connectivity index (χ2v) is 36.0. The van der Waals surface area contributed by atoms with Crippen LogP contribution in [0.25, 0.3) is 32.4 Å². The fraction of sp³-hybridized carbons (Fsp3) is 0.675. The summed E-state index contributed by atoms with van der Waals surface area (Å²) in [4.78, 5) is 19.8. The summed E-state index contributed by atoms with van der Waals surface area (Å²) in [5.41, 5.74) is -2.14. The summed E-state index contributed by atoms with van der Waals surface area (Å²) in [6.07, 6.45) is 20.4. The number of aliphatic hydroxyl groups excluding tert-OH is 3. The van der Waals surface area contributed by atoms with Crippen LogP contribution in [-0.2, 0) is 31.0 Å². The molecule has 16 aliphatic rings. The van der Waals surface area contributed by atoms with Crippen molar-refractivity contribution >= 4 is 60.0 Å². The largest absolute Gasteiger partial charge is 0.508 e. The van der Waals surface area contributed by atoms with E-state index in [2.05, 4.69) is 65.9 Å². The van der Waals surface area contributed by atoms with Crippen molar-refractivity contribution in [3.05, 3.63) is 95.7 Å². The van der Waals surface area contributed by atoms with Gasteiger partial charge in [0.25, 0.3) is 0 Å². The zero-order chi connectivity index (χ0) is 61.8. The van der Waals surface area contributed by atoms with Gasteiger partial charge in [0.15, 0.2) is 17.5 Å². The van der Waals surface area contributed by atoms with Gasteiger partial charge in [-0.25, -0.2) is 4.79 Å². The van der Waals surface area contributed by atoms with Crippen molar-refractivity contribution in [2.45, 2.75) is 219 Å². The van der Waals surface area contributed by atoms with Gasteiger partial charge in [-0.15, -0.1) is 0 Å². The van der Waals surface area contributed by atoms with E-state index in [0.29, 0.717) is 59.7 Å². The minimum Gasteiger partial charge on any atom is -0.508 e. The van der Waals surface area contributed by atoms with Gasteiger partial charge in [-0.1, -0.05) is 95.8 Å². The number of benzene rings is 4. The Morgan fingerprint density at radius 1 is 0.772 bits per heavy atom. The molecule has 21 rings (SSSR count). The maximum atomic E-state index is 16.4. The summed E-state index contributed by atoms with van der Waals surface area (Å²) in [7, 11) is 5.88. The third-order valence-corrected chi connectivity index (χ3v) is 33.5. The molecule has 4 aromatic carbocycles. The number of allylic oxidation sites excluding steroid dienone is 1. The van der Waals surface area contributed by atoms with E-state index in [1.807, 2.05) is 51.9 Å². The lowest BCUT2D eigenvalue weighted by Crippen LogP contribution is -2.82. The number of carbonyl (C=O) groups excluding carboxylic acids is 1. The average Bonchev–Trinajstić information content (AvgIpc) is 1.39. The summed E-state index contributed by atoms with van der Waals surface area (Å²) in [6.45, 7) is -0.464. The highest BCUT2D eigenvalue weighted by atomic mass is 33.1. The number of fused-ring (bicyclic) bond motifs is 13. The Balaban J connectivity index is 0.797. The van der Waals surface area contributed by atoms with Crippen molar-refractivity contribution in [2.24, 2.45) is 80.3 Å². The van der Waals surface area contributed by atoms with Crippen LogP contribution in [0.4, 0.5) is 0 Å². The van der Waals surface area contributed by atoms with Crippen LogP contribution >= 0.6 is 21.6 Å². The molecule has 0 amide bonds. The maximum Gasteiger partial charge on any atom is 0.343 e. The van der Waals surface area contributed by atoms with Crippen molar-refractivity contribution in [3.63, 3.8) is 0 Å². The number of aromatic nitrogens is 1. The van der Waals surface area contributed by atoms with Crippen LogP contribution in [0.5, 0.6) is 11.5 Å². The first-order valence-electron chi connectivity index (χ1n) is 36.2. The van der Waals surface area contributed by atoms with Gasteiger partial charge in [0.05, 0.1) is 47.6 Å². The molecule has 13 nitrogen and oxygen atoms in total. The number of rotatable bonds is 6. The Labute approximate surface area is 547 Å². The van der Waals surface area contributed by atoms with E-state index >= 15 is 9.90 Å². The van der Waals surface area contributed by atoms with Crippen molar-refractivity contribution in [3.8, 4) is 11.5 Å². The molecule has 13 fully saturated rings. The Morgan fingerprint density at radius 2 is 1.59 bits per heavy atom. The van der Waals surface area contributed by atoms with Gasteiger partial charge in [-0.2, -0.15) is 0 Å². The minimum atomic E-state index is -2.69. The third kappa shape index (κ3) is 7.01. The Hall–Kier alpha value is -3.71. The van der Waals surface area contributed by atoms with Crippen LogP contribution in [0.15, 0.2) is 78.9 Å². The average molecular weight is 1290 g/mol. The molecule has 0 radical (unpaired) electrons. The molecule has 3 saturated heterocycles. The van der Waals surface area contributed by atoms with E-state index in [-0.39, 0.29) is 64.1 Å². The highest BCUT2D eigenvalue weighted by molar-refractivity contribution is 8.76. The fourth-order valence-electron chi connectivity index (χ4n) is 28.2. The number of carbonyl (C=O) groups is 1. The maximum absolute atomic E-state index is 16.4. The van der Waals surface area contributed by atoms with Crippen LogP contribution in [0, 0.1) is 80.3 Å². The predicted octanol–water partition coefficient (Wildman–Crippen LogP) is 12.4. The molecule has 8 N–H and O–H groups in total. The summed E-state index contributed by atoms with van der Waals surface area (Å²) < 4.78 is 29.4. The molecule has 10 saturated carbocycles. The molecule has 6 bridgehead atoms. The second-order valence-electron chi connectivity index (χ2n) is 33.4. The van der Waals surface area contributed by atoms with E-state index in [0.717, 1.165) is 142 Å². The number of aliphatic hydroxyl groups is 5. The monoisotopic (exact) mass is 1280 g/mol. The fourth-order valence-corrected chi connectivity index (χ4v) is 31.0. The van der Waals surface area contributed by atoms with Crippen LogP contribution < -0.4 is 10.1 Å². The Kier molecular flexibility index (Phi) is 12.7. The summed E-state index contributed by atoms with van der Waals surface area (Å²) >= 11 is 0. The number of phenolic OH excluding ortho intramolecular Hbond substituents is 1. The van der Waals surface area contributed by atoms with Crippen LogP contribution in [0.3, 0.4) is 0 Å². The van der Waals surface area contributed by atoms with E-state index in [1.165, 1.54) is 24.0 Å². The zero-order valence-electron chi connectivity index (χ0n) is 53.1. The summed E-state index contributed by atoms with van der Waals surface area (Å²) in [5.74, 6) is -0.728. The number of aromatic amines is 1. The highest BCUT2D eigenvalue weighted by Crippen LogP contribution is 2.86. The lowest BCUT2D eigenvalue weighted by atomic mass is 9.37. The van der Waals surface area contributed by atoms with Crippen molar-refractivity contribution in [1.29, 1.82) is 0 Å². The molecule has 5 aromatic rings. The van der Waals surface area contributed by atoms with Gasteiger partial charge in [-0.05, 0) is 249 Å². The van der Waals surface area contributed by atoms with E-state index in [1.54, 1.807) is 0 Å². The number of hydrogen-bond acceptors (Lipinski definition) is 14. The van der Waals surface area contributed by atoms with Gasteiger partial charge in [-0.3, -0.25) is 0 Å². The van der Waals surface area contributed by atoms with Gasteiger partial charge < -0.3 is 59.9 Å². The normalized spacial score (nSPS) is 48.0. The number of hydrogen-bond donors (Lipinski definition) is 8. The number of aromatic hydroxyl groups is 1. The molecular weight excluding hydrogens is 1190 g/mol. The SMILES string of the molecule is CNC1CSSCC2c3cc(O)ccc3C34C(CCC35C(O)C1CC1C3CC6(C(O)C7(O)OC(C(=O)Oc8c(CO)[nH]c9ccc%10cc%11ccccc%11cc%10c89)C(OC15)C37O)C1(CCCC1)CCC61CC3C=CC(OC5CCCC5)C5CCC3(C5)C1)CC1CCC2C14. The summed E-state index contributed by atoms with van der Waals surface area (Å²) in [6, 6.07) is 22.5. The predicted molar refractivity (Wildman–Crippen MR) is 354 cm³/mol. The van der Waals surface area contributed by atoms with E-state index in [4.69, 9.17) is 18.9 Å². The molecule has 6 spiro atoms. The smallest absolute Gasteiger partial charge is 0.343 e. The zero-order valence-corrected chi connectivity index (χ0v) is 54.7. The van der Waals surface area contributed by atoms with Gasteiger partial charge in [0, 0.05) is 45.6 Å². The number of nitrogens with one attached hydrogen (secondary N) is 2. The summed E-state index contributed by atoms with van der Waals surface area (Å²) in [5, 5.41) is 90.5. The Bertz CT molecular complexity index is 3920. The molecule has 488 valence electrons. The number of esters is 1. The number of ether oxygens (including phenoxy) is 4. The number of H-pyrrole nitrogens is 1. The quantitative estimate of drug-likeness (QED) is 0.0345. The van der Waals surface area contributed by atoms with Crippen LogP contribution in [-0.4, -0.2) is 120 Å². The van der Waals surface area contributed by atoms with E-state index < -0.39 is 88.0 Å². The van der Waals surface area contributed by atoms with Crippen LogP contribution in [0.2, 0.25) is 0 Å². The Morgan fingerprint density at radius 3 is 2.41 bits per heavy atom. The van der Waals surface area contributed by atoms with Gasteiger partial charge in [0.2, 0.25) is 5.79 Å². The van der Waals surface area contributed by atoms with Crippen molar-refractivity contribution in [1.82, 2.24) is 10.3 Å². The minimum absolute atomic E-state index is 0.00763. The van der Waals surface area contributed by atoms with Crippen molar-refractivity contribution < 1.29 is 54.4 Å². The lowest BCUT2D eigenvalue weighted by molar-refractivity contribution is -0.409. The highest BCUT2D eigenvalue weighted by Gasteiger charge is 2.90. The molecule has 15 heteroatoms. The molecule has 5 heterocycles. The third-order valence-electron chi connectivity index (χ3n) is 31.1. The lowest BCUT2D eigenvalue weighted by Gasteiger charge is -2.72. The van der Waals surface area contributed by atoms with Crippen LogP contribution in [0.1, 0.15) is 164 Å². The molecule has 1 aromatic heterocycles. The van der Waals surface area contributed by atoms with Gasteiger partial charge >= 0.3 is 5.97 Å². The van der Waals surface area contributed by atoms with Crippen molar-refractivity contribution in [2.75, 3.05) is 18.6 Å². The molecule has 92 heavy (non-hydrogen) atoms. The molecule has 4 aliphatic heterocycles. The first-order valence-corrected chi connectivity index (χ1v) is 38.7. The first kappa shape index (κ1) is 58.4. The second kappa shape index (κ2) is 20.0. The topological polar surface area (TPSA) is 203 Å².